The molecular weight excluding hydrogens is 378 g/mol. The molecule has 3 heterocycles. The lowest BCUT2D eigenvalue weighted by Gasteiger charge is -2.32. The molecule has 0 saturated carbocycles. The van der Waals surface area contributed by atoms with Gasteiger partial charge in [-0.15, -0.1) is 0 Å². The Morgan fingerprint density at radius 1 is 1.30 bits per heavy atom. The van der Waals surface area contributed by atoms with Crippen LogP contribution in [0.2, 0.25) is 0 Å². The highest BCUT2D eigenvalue weighted by molar-refractivity contribution is 5.94. The Hall–Kier alpha value is -2.38. The summed E-state index contributed by atoms with van der Waals surface area (Å²) in [5.41, 5.74) is 2.69. The van der Waals surface area contributed by atoms with Crippen LogP contribution in [-0.2, 0) is 11.3 Å². The van der Waals surface area contributed by atoms with Crippen molar-refractivity contribution in [2.75, 3.05) is 25.5 Å². The van der Waals surface area contributed by atoms with E-state index in [4.69, 9.17) is 4.84 Å². The summed E-state index contributed by atoms with van der Waals surface area (Å²) in [4.78, 5) is 25.3. The Labute approximate surface area is 180 Å². The van der Waals surface area contributed by atoms with Gasteiger partial charge in [0.2, 0.25) is 0 Å². The van der Waals surface area contributed by atoms with Crippen LogP contribution in [0.25, 0.3) is 0 Å². The molecule has 1 fully saturated rings. The lowest BCUT2D eigenvalue weighted by atomic mass is 10.1. The van der Waals surface area contributed by atoms with Gasteiger partial charge >= 0.3 is 0 Å². The first-order chi connectivity index (χ1) is 14.5. The highest BCUT2D eigenvalue weighted by Gasteiger charge is 2.21. The van der Waals surface area contributed by atoms with Crippen molar-refractivity contribution in [3.05, 3.63) is 47.4 Å². The number of pyridine rings is 1. The van der Waals surface area contributed by atoms with E-state index >= 15 is 0 Å². The zero-order valence-electron chi connectivity index (χ0n) is 18.6. The van der Waals surface area contributed by atoms with Crippen LogP contribution in [0, 0.1) is 0 Å². The van der Waals surface area contributed by atoms with Gasteiger partial charge in [0.05, 0.1) is 11.7 Å². The molecule has 7 heteroatoms. The summed E-state index contributed by atoms with van der Waals surface area (Å²) in [5.74, 6) is 0.899. The summed E-state index contributed by atoms with van der Waals surface area (Å²) in [5, 5.41) is 8.47. The molecule has 1 aromatic heterocycles. The molecular formula is C23H35N5O2. The normalized spacial score (nSPS) is 19.2. The fourth-order valence-electron chi connectivity index (χ4n) is 3.80. The Balaban J connectivity index is 1.76. The highest BCUT2D eigenvalue weighted by Crippen LogP contribution is 2.22. The molecule has 164 valence electrons. The van der Waals surface area contributed by atoms with Crippen LogP contribution in [0.1, 0.15) is 62.4 Å². The number of carbonyl (C=O) groups excluding carboxylic acids is 1. The zero-order chi connectivity index (χ0) is 21.5. The van der Waals surface area contributed by atoms with Crippen molar-refractivity contribution in [1.82, 2.24) is 20.3 Å². The number of nitrogens with zero attached hydrogens (tertiary/aromatic N) is 3. The van der Waals surface area contributed by atoms with Gasteiger partial charge in [-0.3, -0.25) is 14.9 Å². The van der Waals surface area contributed by atoms with Crippen molar-refractivity contribution in [3.63, 3.8) is 0 Å². The number of piperidine rings is 1. The van der Waals surface area contributed by atoms with Gasteiger partial charge in [-0.25, -0.2) is 10.0 Å². The Kier molecular flexibility index (Phi) is 7.87. The van der Waals surface area contributed by atoms with Crippen LogP contribution in [0.3, 0.4) is 0 Å². The van der Waals surface area contributed by atoms with E-state index in [9.17, 15) is 4.79 Å². The Morgan fingerprint density at radius 3 is 2.73 bits per heavy atom. The fourth-order valence-corrected chi connectivity index (χ4v) is 3.80. The number of amides is 1. The van der Waals surface area contributed by atoms with E-state index in [-0.39, 0.29) is 18.2 Å². The molecule has 1 amide bonds. The highest BCUT2D eigenvalue weighted by atomic mass is 16.7. The molecule has 0 aliphatic carbocycles. The predicted octanol–water partition coefficient (Wildman–Crippen LogP) is 3.67. The van der Waals surface area contributed by atoms with Gasteiger partial charge in [0.1, 0.15) is 12.0 Å². The minimum absolute atomic E-state index is 0.0746. The molecule has 0 bridgehead atoms. The van der Waals surface area contributed by atoms with Crippen molar-refractivity contribution >= 4 is 11.7 Å². The maximum Gasteiger partial charge on any atom is 0.255 e. The monoisotopic (exact) mass is 413 g/mol. The Bertz CT molecular complexity index is 784. The molecule has 0 aromatic carbocycles. The van der Waals surface area contributed by atoms with E-state index in [2.05, 4.69) is 28.6 Å². The van der Waals surface area contributed by atoms with Crippen molar-refractivity contribution < 1.29 is 9.63 Å². The number of carbonyl (C=O) groups is 1. The van der Waals surface area contributed by atoms with Crippen LogP contribution < -0.4 is 10.6 Å². The van der Waals surface area contributed by atoms with Gasteiger partial charge in [0.25, 0.3) is 5.91 Å². The number of hydrogen-bond acceptors (Lipinski definition) is 6. The summed E-state index contributed by atoms with van der Waals surface area (Å²) in [6.45, 7) is 7.85. The first-order valence-electron chi connectivity index (χ1n) is 11.1. The molecule has 1 unspecified atom stereocenters. The lowest BCUT2D eigenvalue weighted by molar-refractivity contribution is -0.173. The number of allylic oxidation sites excluding steroid dienone is 1. The molecule has 1 aromatic rings. The molecule has 1 atom stereocenters. The van der Waals surface area contributed by atoms with Crippen LogP contribution >= 0.6 is 0 Å². The van der Waals surface area contributed by atoms with Gasteiger partial charge in [-0.2, -0.15) is 0 Å². The summed E-state index contributed by atoms with van der Waals surface area (Å²) >= 11 is 0. The maximum absolute atomic E-state index is 12.9. The molecule has 30 heavy (non-hydrogen) atoms. The van der Waals surface area contributed by atoms with Gasteiger partial charge in [0.15, 0.2) is 0 Å². The molecule has 7 nitrogen and oxygen atoms in total. The van der Waals surface area contributed by atoms with Crippen LogP contribution in [0.4, 0.5) is 5.82 Å². The van der Waals surface area contributed by atoms with E-state index in [0.29, 0.717) is 5.56 Å². The first kappa shape index (κ1) is 22.3. The van der Waals surface area contributed by atoms with Crippen LogP contribution in [0.15, 0.2) is 36.3 Å². The largest absolute Gasteiger partial charge is 0.340 e. The van der Waals surface area contributed by atoms with E-state index in [1.54, 1.807) is 11.3 Å². The second-order valence-electron chi connectivity index (χ2n) is 8.14. The van der Waals surface area contributed by atoms with Crippen molar-refractivity contribution in [1.29, 1.82) is 0 Å². The van der Waals surface area contributed by atoms with Crippen molar-refractivity contribution in [2.24, 2.45) is 0 Å². The van der Waals surface area contributed by atoms with Gasteiger partial charge in [0, 0.05) is 31.2 Å². The molecule has 1 saturated heterocycles. The summed E-state index contributed by atoms with van der Waals surface area (Å²) in [7, 11) is 1.90. The average molecular weight is 414 g/mol. The number of aryl methyl sites for hydroxylation is 1. The minimum atomic E-state index is -0.0746. The molecule has 2 N–H and O–H groups in total. The first-order valence-corrected chi connectivity index (χ1v) is 11.1. The third kappa shape index (κ3) is 5.61. The summed E-state index contributed by atoms with van der Waals surface area (Å²) < 4.78 is 0. The predicted molar refractivity (Wildman–Crippen MR) is 120 cm³/mol. The molecule has 0 spiro atoms. The quantitative estimate of drug-likeness (QED) is 0.678. The second-order valence-corrected chi connectivity index (χ2v) is 8.14. The molecule has 2 aliphatic rings. The van der Waals surface area contributed by atoms with Gasteiger partial charge < -0.3 is 10.2 Å². The third-order valence-corrected chi connectivity index (χ3v) is 5.28. The van der Waals surface area contributed by atoms with Crippen LogP contribution in [-0.4, -0.2) is 53.3 Å². The third-order valence-electron chi connectivity index (χ3n) is 5.28. The van der Waals surface area contributed by atoms with Crippen molar-refractivity contribution in [2.45, 2.75) is 65.1 Å². The van der Waals surface area contributed by atoms with Gasteiger partial charge in [-0.1, -0.05) is 13.3 Å². The molecule has 2 aliphatic heterocycles. The van der Waals surface area contributed by atoms with Crippen LogP contribution in [0.5, 0.6) is 0 Å². The molecule has 0 radical (unpaired) electrons. The standard InChI is InChI=1S/C23H35N5O2/c1-5-9-18-14-19(23(29)27-11-7-6-8-12-27)16-25-22(18)26-20-10-13-28(30-17(2)3)21(15-20)24-4/h10,13-17,21,24H,5-9,11-12H2,1-4H3,(H,25,26). The SMILES string of the molecule is CCCc1cc(C(=O)N2CCCCC2)cnc1NC1=CC(NC)N(OC(C)C)C=C1. The number of rotatable bonds is 8. The number of nitrogens with one attached hydrogen (secondary N) is 2. The zero-order valence-corrected chi connectivity index (χ0v) is 18.6. The average Bonchev–Trinajstić information content (AvgIpc) is 2.76. The summed E-state index contributed by atoms with van der Waals surface area (Å²) in [6, 6.07) is 2.01. The van der Waals surface area contributed by atoms with E-state index in [1.807, 2.05) is 44.1 Å². The number of likely N-dealkylation sites (N-methyl/N-ethyl adjacent to an activating group) is 1. The lowest BCUT2D eigenvalue weighted by Crippen LogP contribution is -2.42. The maximum atomic E-state index is 12.9. The van der Waals surface area contributed by atoms with E-state index in [0.717, 1.165) is 55.9 Å². The number of hydrogen-bond donors (Lipinski definition) is 2. The minimum Gasteiger partial charge on any atom is -0.340 e. The van der Waals surface area contributed by atoms with Gasteiger partial charge in [-0.05, 0) is 70.4 Å². The number of anilines is 1. The number of hydroxylamine groups is 2. The summed E-state index contributed by atoms with van der Waals surface area (Å²) in [6.07, 6.45) is 12.9. The number of likely N-dealkylation sites (tertiary alicyclic amines) is 1. The topological polar surface area (TPSA) is 69.7 Å². The van der Waals surface area contributed by atoms with E-state index < -0.39 is 0 Å². The smallest absolute Gasteiger partial charge is 0.255 e. The Morgan fingerprint density at radius 2 is 2.07 bits per heavy atom. The van der Waals surface area contributed by atoms with E-state index in [1.165, 1.54) is 6.42 Å². The van der Waals surface area contributed by atoms with Crippen molar-refractivity contribution in [3.8, 4) is 0 Å². The number of aromatic nitrogens is 1. The second kappa shape index (κ2) is 10.6. The molecule has 3 rings (SSSR count). The fraction of sp³-hybridized carbons (Fsp3) is 0.565.